The number of ether oxygens (including phenoxy) is 1. The predicted molar refractivity (Wildman–Crippen MR) is 62.9 cm³/mol. The van der Waals surface area contributed by atoms with Gasteiger partial charge >= 0.3 is 0 Å². The molecule has 1 heterocycles. The Hall–Kier alpha value is -1.85. The molecule has 4 nitrogen and oxygen atoms in total. The molecule has 0 unspecified atom stereocenters. The van der Waals surface area contributed by atoms with Crippen LogP contribution in [0.15, 0.2) is 18.2 Å². The molecule has 1 aromatic rings. The third-order valence-electron chi connectivity index (χ3n) is 2.94. The molecule has 98 valence electrons. The number of nitrogens with zero attached hydrogens (tertiary/aromatic N) is 1. The molecule has 18 heavy (non-hydrogen) atoms. The number of anilines is 1. The zero-order valence-electron chi connectivity index (χ0n) is 9.95. The lowest BCUT2D eigenvalue weighted by molar-refractivity contribution is 0.0120. The molecule has 0 atom stereocenters. The van der Waals surface area contributed by atoms with Gasteiger partial charge in [-0.2, -0.15) is 0 Å². The van der Waals surface area contributed by atoms with Crippen LogP contribution in [-0.4, -0.2) is 36.9 Å². The highest BCUT2D eigenvalue weighted by Gasteiger charge is 2.41. The number of nitrogens with two attached hydrogens (primary N) is 1. The van der Waals surface area contributed by atoms with Crippen LogP contribution in [0.3, 0.4) is 0 Å². The van der Waals surface area contributed by atoms with E-state index < -0.39 is 18.4 Å². The molecule has 1 amide bonds. The molecule has 1 aliphatic heterocycles. The van der Waals surface area contributed by atoms with Gasteiger partial charge in [0.15, 0.2) is 5.75 Å². The van der Waals surface area contributed by atoms with Gasteiger partial charge < -0.3 is 15.4 Å². The summed E-state index contributed by atoms with van der Waals surface area (Å²) in [6.45, 7) is -0.506. The number of benzene rings is 1. The third-order valence-corrected chi connectivity index (χ3v) is 2.94. The smallest absolute Gasteiger partial charge is 0.267 e. The molecule has 0 aromatic heterocycles. The van der Waals surface area contributed by atoms with E-state index in [4.69, 9.17) is 10.5 Å². The van der Waals surface area contributed by atoms with Crippen molar-refractivity contribution in [3.8, 4) is 5.75 Å². The molecule has 6 heteroatoms. The van der Waals surface area contributed by atoms with Gasteiger partial charge in [-0.05, 0) is 12.1 Å². The fourth-order valence-corrected chi connectivity index (χ4v) is 2.03. The van der Waals surface area contributed by atoms with Gasteiger partial charge in [-0.15, -0.1) is 0 Å². The minimum atomic E-state index is -2.80. The van der Waals surface area contributed by atoms with E-state index in [1.807, 2.05) is 0 Å². The predicted octanol–water partition coefficient (Wildman–Crippen LogP) is 1.76. The lowest BCUT2D eigenvalue weighted by Crippen LogP contribution is -2.31. The van der Waals surface area contributed by atoms with Crippen molar-refractivity contribution in [2.45, 2.75) is 12.3 Å². The number of hydrogen-bond donors (Lipinski definition) is 1. The number of hydrogen-bond acceptors (Lipinski definition) is 3. The molecule has 1 saturated heterocycles. The summed E-state index contributed by atoms with van der Waals surface area (Å²) in [6.07, 6.45) is -0.302. The molecule has 0 bridgehead atoms. The highest BCUT2D eigenvalue weighted by molar-refractivity contribution is 5.98. The first-order valence-electron chi connectivity index (χ1n) is 5.54. The van der Waals surface area contributed by atoms with Crippen molar-refractivity contribution in [3.63, 3.8) is 0 Å². The van der Waals surface area contributed by atoms with Crippen LogP contribution in [0.2, 0.25) is 0 Å². The topological polar surface area (TPSA) is 55.6 Å². The molecule has 0 aliphatic carbocycles. The summed E-state index contributed by atoms with van der Waals surface area (Å²) >= 11 is 0. The summed E-state index contributed by atoms with van der Waals surface area (Å²) in [7, 11) is 1.39. The van der Waals surface area contributed by atoms with Crippen molar-refractivity contribution in [1.29, 1.82) is 0 Å². The van der Waals surface area contributed by atoms with Crippen molar-refractivity contribution in [3.05, 3.63) is 23.8 Å². The second kappa shape index (κ2) is 4.44. The number of nitrogen functional groups attached to an aromatic ring is 1. The number of carbonyl (C=O) groups is 1. The van der Waals surface area contributed by atoms with Crippen LogP contribution in [0.1, 0.15) is 16.8 Å². The average Bonchev–Trinajstić information content (AvgIpc) is 2.68. The Balaban J connectivity index is 2.27. The first kappa shape index (κ1) is 12.6. The molecular formula is C12H14F2N2O2. The Labute approximate surface area is 103 Å². The maximum absolute atomic E-state index is 13.1. The fourth-order valence-electron chi connectivity index (χ4n) is 2.03. The monoisotopic (exact) mass is 256 g/mol. The lowest BCUT2D eigenvalue weighted by Gasteiger charge is -2.18. The summed E-state index contributed by atoms with van der Waals surface area (Å²) in [5, 5.41) is 0. The maximum Gasteiger partial charge on any atom is 0.267 e. The molecule has 2 rings (SSSR count). The summed E-state index contributed by atoms with van der Waals surface area (Å²) in [5.41, 5.74) is 6.21. The van der Waals surface area contributed by atoms with Crippen LogP contribution in [0, 0.1) is 0 Å². The highest BCUT2D eigenvalue weighted by Crippen LogP contribution is 2.31. The van der Waals surface area contributed by atoms with Gasteiger partial charge in [-0.25, -0.2) is 8.78 Å². The summed E-state index contributed by atoms with van der Waals surface area (Å²) in [5.74, 6) is -3.04. The minimum absolute atomic E-state index is 0.0454. The maximum atomic E-state index is 13.1. The van der Waals surface area contributed by atoms with Crippen molar-refractivity contribution in [1.82, 2.24) is 4.90 Å². The van der Waals surface area contributed by atoms with E-state index in [9.17, 15) is 13.6 Å². The third kappa shape index (κ3) is 2.23. The van der Waals surface area contributed by atoms with Gasteiger partial charge in [-0.3, -0.25) is 4.79 Å². The summed E-state index contributed by atoms with van der Waals surface area (Å²) < 4.78 is 31.2. The summed E-state index contributed by atoms with van der Waals surface area (Å²) in [6, 6.07) is 4.71. The largest absolute Gasteiger partial charge is 0.494 e. The van der Waals surface area contributed by atoms with E-state index in [0.29, 0.717) is 5.69 Å². The Bertz CT molecular complexity index is 477. The SMILES string of the molecule is COc1c(N)cccc1C(=O)N1CCC(F)(F)C1. The molecule has 0 radical (unpaired) electrons. The molecule has 0 spiro atoms. The Morgan fingerprint density at radius 2 is 2.22 bits per heavy atom. The van der Waals surface area contributed by atoms with E-state index in [1.54, 1.807) is 12.1 Å². The quantitative estimate of drug-likeness (QED) is 0.820. The first-order chi connectivity index (χ1) is 8.44. The number of likely N-dealkylation sites (tertiary alicyclic amines) is 1. The van der Waals surface area contributed by atoms with Gasteiger partial charge in [0.05, 0.1) is 24.9 Å². The molecule has 2 N–H and O–H groups in total. The number of para-hydroxylation sites is 1. The van der Waals surface area contributed by atoms with E-state index in [2.05, 4.69) is 0 Å². The van der Waals surface area contributed by atoms with E-state index in [-0.39, 0.29) is 24.3 Å². The number of carbonyl (C=O) groups excluding carboxylic acids is 1. The average molecular weight is 256 g/mol. The van der Waals surface area contributed by atoms with Crippen LogP contribution in [0.5, 0.6) is 5.75 Å². The number of rotatable bonds is 2. The van der Waals surface area contributed by atoms with Gasteiger partial charge in [0.2, 0.25) is 0 Å². The van der Waals surface area contributed by atoms with Crippen LogP contribution in [-0.2, 0) is 0 Å². The van der Waals surface area contributed by atoms with Crippen molar-refractivity contribution < 1.29 is 18.3 Å². The Morgan fingerprint density at radius 1 is 1.50 bits per heavy atom. The van der Waals surface area contributed by atoms with E-state index in [1.165, 1.54) is 13.2 Å². The zero-order chi connectivity index (χ0) is 13.3. The van der Waals surface area contributed by atoms with Crippen molar-refractivity contribution in [2.75, 3.05) is 25.9 Å². The van der Waals surface area contributed by atoms with Crippen LogP contribution >= 0.6 is 0 Å². The molecule has 1 aromatic carbocycles. The first-order valence-corrected chi connectivity index (χ1v) is 5.54. The van der Waals surface area contributed by atoms with Crippen molar-refractivity contribution in [2.24, 2.45) is 0 Å². The second-order valence-corrected chi connectivity index (χ2v) is 4.26. The highest BCUT2D eigenvalue weighted by atomic mass is 19.3. The molecule has 0 saturated carbocycles. The zero-order valence-corrected chi connectivity index (χ0v) is 9.95. The standard InChI is InChI=1S/C12H14F2N2O2/c1-18-10-8(3-2-4-9(10)15)11(17)16-6-5-12(13,14)7-16/h2-4H,5-7,15H2,1H3. The van der Waals surface area contributed by atoms with Crippen LogP contribution in [0.25, 0.3) is 0 Å². The van der Waals surface area contributed by atoms with Gasteiger partial charge in [0, 0.05) is 13.0 Å². The minimum Gasteiger partial charge on any atom is -0.494 e. The Morgan fingerprint density at radius 3 is 2.78 bits per heavy atom. The number of methoxy groups -OCH3 is 1. The number of amides is 1. The number of alkyl halides is 2. The molecule has 1 fully saturated rings. The summed E-state index contributed by atoms with van der Waals surface area (Å²) in [4.78, 5) is 13.2. The normalized spacial score (nSPS) is 17.8. The lowest BCUT2D eigenvalue weighted by atomic mass is 10.1. The Kier molecular flexibility index (Phi) is 3.11. The number of halogens is 2. The van der Waals surface area contributed by atoms with E-state index >= 15 is 0 Å². The van der Waals surface area contributed by atoms with Crippen molar-refractivity contribution >= 4 is 11.6 Å². The molecule has 1 aliphatic rings. The molecular weight excluding hydrogens is 242 g/mol. The van der Waals surface area contributed by atoms with Crippen LogP contribution < -0.4 is 10.5 Å². The van der Waals surface area contributed by atoms with Crippen LogP contribution in [0.4, 0.5) is 14.5 Å². The van der Waals surface area contributed by atoms with E-state index in [0.717, 1.165) is 4.90 Å². The van der Waals surface area contributed by atoms with Gasteiger partial charge in [-0.1, -0.05) is 6.07 Å². The second-order valence-electron chi connectivity index (χ2n) is 4.26. The fraction of sp³-hybridized carbons (Fsp3) is 0.417. The van der Waals surface area contributed by atoms with Gasteiger partial charge in [0.25, 0.3) is 11.8 Å². The van der Waals surface area contributed by atoms with Gasteiger partial charge in [0.1, 0.15) is 0 Å².